The summed E-state index contributed by atoms with van der Waals surface area (Å²) in [4.78, 5) is 30.3. The molecule has 2 heterocycles. The third kappa shape index (κ3) is 3.88. The summed E-state index contributed by atoms with van der Waals surface area (Å²) in [6.07, 6.45) is 2.88. The molecule has 120 valence electrons. The molecule has 1 amide bonds. The fourth-order valence-electron chi connectivity index (χ4n) is 1.91. The number of amides is 1. The van der Waals surface area contributed by atoms with E-state index in [4.69, 9.17) is 4.74 Å². The Kier molecular flexibility index (Phi) is 4.72. The second kappa shape index (κ2) is 7.10. The average molecular weight is 386 g/mol. The number of aromatic amines is 1. The number of H-pyrrole nitrogens is 1. The van der Waals surface area contributed by atoms with E-state index >= 15 is 0 Å². The number of benzene rings is 1. The molecule has 3 aromatic rings. The van der Waals surface area contributed by atoms with Crippen molar-refractivity contribution in [3.8, 4) is 11.6 Å². The van der Waals surface area contributed by atoms with Crippen molar-refractivity contribution in [1.82, 2.24) is 9.97 Å². The summed E-state index contributed by atoms with van der Waals surface area (Å²) in [6, 6.07) is 13.6. The zero-order valence-electron chi connectivity index (χ0n) is 12.3. The monoisotopic (exact) mass is 385 g/mol. The van der Waals surface area contributed by atoms with E-state index in [1.165, 1.54) is 18.5 Å². The van der Waals surface area contributed by atoms with Crippen LogP contribution < -0.4 is 15.6 Å². The Morgan fingerprint density at radius 2 is 1.92 bits per heavy atom. The number of halogens is 1. The summed E-state index contributed by atoms with van der Waals surface area (Å²) < 4.78 is 6.54. The summed E-state index contributed by atoms with van der Waals surface area (Å²) in [5.41, 5.74) is 0.132. The molecule has 2 aromatic heterocycles. The molecule has 0 saturated heterocycles. The van der Waals surface area contributed by atoms with Crippen molar-refractivity contribution in [3.05, 3.63) is 81.3 Å². The van der Waals surface area contributed by atoms with Crippen LogP contribution in [-0.2, 0) is 0 Å². The number of pyridine rings is 2. The van der Waals surface area contributed by atoms with Crippen molar-refractivity contribution in [1.29, 1.82) is 0 Å². The Hall–Kier alpha value is -2.93. The van der Waals surface area contributed by atoms with E-state index in [1.807, 2.05) is 12.1 Å². The minimum absolute atomic E-state index is 0.178. The van der Waals surface area contributed by atoms with Crippen LogP contribution in [0.1, 0.15) is 10.4 Å². The summed E-state index contributed by atoms with van der Waals surface area (Å²) >= 11 is 3.35. The molecule has 0 unspecified atom stereocenters. The first kappa shape index (κ1) is 15.9. The molecule has 1 aromatic carbocycles. The van der Waals surface area contributed by atoms with Crippen molar-refractivity contribution in [3.63, 3.8) is 0 Å². The fraction of sp³-hybridized carbons (Fsp3) is 0. The third-order valence-corrected chi connectivity index (χ3v) is 3.63. The fourth-order valence-corrected chi connectivity index (χ4v) is 2.18. The van der Waals surface area contributed by atoms with Gasteiger partial charge in [-0.1, -0.05) is 15.9 Å². The molecule has 0 aliphatic rings. The molecule has 0 radical (unpaired) electrons. The lowest BCUT2D eigenvalue weighted by Gasteiger charge is -2.06. The number of carbonyl (C=O) groups is 1. The lowest BCUT2D eigenvalue weighted by molar-refractivity contribution is 0.102. The normalized spacial score (nSPS) is 10.2. The van der Waals surface area contributed by atoms with E-state index in [-0.39, 0.29) is 11.2 Å². The second-order valence-electron chi connectivity index (χ2n) is 4.81. The molecule has 6 nitrogen and oxygen atoms in total. The van der Waals surface area contributed by atoms with E-state index in [0.717, 1.165) is 4.47 Å². The number of carbonyl (C=O) groups excluding carboxylic acids is 1. The molecule has 7 heteroatoms. The van der Waals surface area contributed by atoms with Crippen molar-refractivity contribution >= 4 is 27.5 Å². The van der Waals surface area contributed by atoms with Crippen LogP contribution in [-0.4, -0.2) is 15.9 Å². The molecule has 2 N–H and O–H groups in total. The number of ether oxygens (including phenoxy) is 1. The number of nitrogens with one attached hydrogen (secondary N) is 2. The van der Waals surface area contributed by atoms with E-state index in [0.29, 0.717) is 17.2 Å². The molecule has 0 aliphatic carbocycles. The Labute approximate surface area is 145 Å². The second-order valence-corrected chi connectivity index (χ2v) is 5.72. The zero-order valence-corrected chi connectivity index (χ0v) is 13.9. The van der Waals surface area contributed by atoms with Crippen molar-refractivity contribution in [2.24, 2.45) is 0 Å². The Bertz CT molecular complexity index is 905. The van der Waals surface area contributed by atoms with E-state index in [1.54, 1.807) is 30.3 Å². The van der Waals surface area contributed by atoms with Gasteiger partial charge >= 0.3 is 0 Å². The van der Waals surface area contributed by atoms with Crippen LogP contribution in [0.15, 0.2) is 70.2 Å². The Morgan fingerprint density at radius 1 is 1.12 bits per heavy atom. The van der Waals surface area contributed by atoms with E-state index in [2.05, 4.69) is 31.2 Å². The van der Waals surface area contributed by atoms with Gasteiger partial charge in [0.15, 0.2) is 0 Å². The van der Waals surface area contributed by atoms with Crippen LogP contribution >= 0.6 is 15.9 Å². The summed E-state index contributed by atoms with van der Waals surface area (Å²) in [7, 11) is 0. The zero-order chi connectivity index (χ0) is 16.9. The first-order valence-corrected chi connectivity index (χ1v) is 7.80. The maximum Gasteiger partial charge on any atom is 0.271 e. The lowest BCUT2D eigenvalue weighted by Crippen LogP contribution is -2.19. The Morgan fingerprint density at radius 3 is 2.58 bits per heavy atom. The van der Waals surface area contributed by atoms with Gasteiger partial charge in [0.2, 0.25) is 5.88 Å². The van der Waals surface area contributed by atoms with Crippen LogP contribution in [0.4, 0.5) is 5.69 Å². The number of anilines is 1. The van der Waals surface area contributed by atoms with Gasteiger partial charge in [-0.3, -0.25) is 9.59 Å². The summed E-state index contributed by atoms with van der Waals surface area (Å²) in [5, 5.41) is 2.53. The van der Waals surface area contributed by atoms with Gasteiger partial charge in [-0.2, -0.15) is 0 Å². The highest BCUT2D eigenvalue weighted by atomic mass is 79.9. The van der Waals surface area contributed by atoms with Gasteiger partial charge in [-0.25, -0.2) is 4.98 Å². The largest absolute Gasteiger partial charge is 0.439 e. The van der Waals surface area contributed by atoms with Crippen LogP contribution in [0.3, 0.4) is 0 Å². The highest BCUT2D eigenvalue weighted by Crippen LogP contribution is 2.21. The molecule has 0 spiro atoms. The minimum atomic E-state index is -0.422. The quantitative estimate of drug-likeness (QED) is 0.718. The minimum Gasteiger partial charge on any atom is -0.439 e. The smallest absolute Gasteiger partial charge is 0.271 e. The molecule has 0 fully saturated rings. The first-order valence-electron chi connectivity index (χ1n) is 7.00. The molecule has 24 heavy (non-hydrogen) atoms. The van der Waals surface area contributed by atoms with Crippen molar-refractivity contribution in [2.75, 3.05) is 5.32 Å². The maximum absolute atomic E-state index is 12.1. The van der Waals surface area contributed by atoms with Gasteiger partial charge < -0.3 is 15.0 Å². The van der Waals surface area contributed by atoms with Gasteiger partial charge in [-0.05, 0) is 42.5 Å². The highest BCUT2D eigenvalue weighted by molar-refractivity contribution is 9.10. The van der Waals surface area contributed by atoms with Crippen molar-refractivity contribution in [2.45, 2.75) is 0 Å². The van der Waals surface area contributed by atoms with E-state index in [9.17, 15) is 9.59 Å². The summed E-state index contributed by atoms with van der Waals surface area (Å²) in [6.45, 7) is 0. The van der Waals surface area contributed by atoms with Crippen LogP contribution in [0, 0.1) is 0 Å². The van der Waals surface area contributed by atoms with Crippen LogP contribution in [0.5, 0.6) is 11.6 Å². The van der Waals surface area contributed by atoms with Crippen LogP contribution in [0.2, 0.25) is 0 Å². The van der Waals surface area contributed by atoms with Crippen molar-refractivity contribution < 1.29 is 9.53 Å². The number of hydrogen-bond donors (Lipinski definition) is 2. The SMILES string of the molecule is O=C(Nc1ccc[nH]c1=O)c1ccc(Oc2ccc(Br)cc2)nc1. The number of rotatable bonds is 4. The molecular weight excluding hydrogens is 374 g/mol. The maximum atomic E-state index is 12.1. The third-order valence-electron chi connectivity index (χ3n) is 3.10. The molecule has 0 atom stereocenters. The standard InChI is InChI=1S/C17H12BrN3O3/c18-12-4-6-13(7-5-12)24-15-8-3-11(10-20-15)16(22)21-14-2-1-9-19-17(14)23/h1-10H,(H,19,23)(H,21,22). The molecule has 3 rings (SSSR count). The van der Waals surface area contributed by atoms with Gasteiger partial charge in [0.1, 0.15) is 11.4 Å². The highest BCUT2D eigenvalue weighted by Gasteiger charge is 2.09. The lowest BCUT2D eigenvalue weighted by atomic mass is 10.2. The number of aromatic nitrogens is 2. The molecule has 0 bridgehead atoms. The topological polar surface area (TPSA) is 84.1 Å². The molecule has 0 aliphatic heterocycles. The van der Waals surface area contributed by atoms with Gasteiger partial charge in [0, 0.05) is 22.9 Å². The molecule has 0 saturated carbocycles. The summed E-state index contributed by atoms with van der Waals surface area (Å²) in [5.74, 6) is 0.583. The van der Waals surface area contributed by atoms with Gasteiger partial charge in [0.05, 0.1) is 5.56 Å². The molecular formula is C17H12BrN3O3. The average Bonchev–Trinajstić information content (AvgIpc) is 2.59. The van der Waals surface area contributed by atoms with Gasteiger partial charge in [0.25, 0.3) is 11.5 Å². The number of hydrogen-bond acceptors (Lipinski definition) is 4. The Balaban J connectivity index is 1.69. The van der Waals surface area contributed by atoms with Crippen LogP contribution in [0.25, 0.3) is 0 Å². The predicted octanol–water partition coefficient (Wildman–Crippen LogP) is 3.58. The number of nitrogens with zero attached hydrogens (tertiary/aromatic N) is 1. The van der Waals surface area contributed by atoms with E-state index < -0.39 is 5.91 Å². The predicted molar refractivity (Wildman–Crippen MR) is 93.5 cm³/mol. The first-order chi connectivity index (χ1) is 11.6. The van der Waals surface area contributed by atoms with Gasteiger partial charge in [-0.15, -0.1) is 0 Å².